The van der Waals surface area contributed by atoms with Crippen LogP contribution in [-0.4, -0.2) is 32.0 Å². The summed E-state index contributed by atoms with van der Waals surface area (Å²) in [5.74, 6) is -1.15. The van der Waals surface area contributed by atoms with Gasteiger partial charge in [-0.3, -0.25) is 9.59 Å². The van der Waals surface area contributed by atoms with Crippen LogP contribution >= 0.6 is 0 Å². The predicted octanol–water partition coefficient (Wildman–Crippen LogP) is 2.66. The van der Waals surface area contributed by atoms with E-state index in [1.165, 1.54) is 31.2 Å². The van der Waals surface area contributed by atoms with Crippen molar-refractivity contribution < 1.29 is 22.8 Å². The van der Waals surface area contributed by atoms with E-state index < -0.39 is 29.6 Å². The second kappa shape index (κ2) is 7.70. The number of aromatic nitrogens is 4. The third-order valence-corrected chi connectivity index (χ3v) is 4.07. The number of carbonyl (C=O) groups excluding carboxylic acids is 2. The van der Waals surface area contributed by atoms with Gasteiger partial charge in [0.2, 0.25) is 11.7 Å². The molecule has 1 aromatic heterocycles. The normalized spacial score (nSPS) is 12.4. The molecule has 29 heavy (non-hydrogen) atoms. The molecule has 2 aromatic carbocycles. The Morgan fingerprint density at radius 2 is 1.76 bits per heavy atom. The topological polar surface area (TPSA) is 116 Å². The second-order valence-corrected chi connectivity index (χ2v) is 6.08. The monoisotopic (exact) mass is 404 g/mol. The molecule has 0 aliphatic heterocycles. The molecule has 0 unspecified atom stereocenters. The molecule has 1 atom stereocenters. The molecule has 3 N–H and O–H groups in total. The minimum atomic E-state index is -4.61. The summed E-state index contributed by atoms with van der Waals surface area (Å²) in [7, 11) is 0. The second-order valence-electron chi connectivity index (χ2n) is 6.08. The molecule has 8 nitrogen and oxygen atoms in total. The fraction of sp³-hybridized carbons (Fsp3) is 0.167. The number of tetrazole rings is 1. The van der Waals surface area contributed by atoms with Crippen molar-refractivity contribution >= 4 is 17.5 Å². The molecular weight excluding hydrogens is 389 g/mol. The quantitative estimate of drug-likeness (QED) is 0.678. The highest BCUT2D eigenvalue weighted by Gasteiger charge is 2.34. The average molecular weight is 404 g/mol. The first-order chi connectivity index (χ1) is 13.7. The molecule has 3 aromatic rings. The van der Waals surface area contributed by atoms with E-state index in [0.717, 1.165) is 16.9 Å². The first-order valence-corrected chi connectivity index (χ1v) is 8.33. The van der Waals surface area contributed by atoms with Crippen molar-refractivity contribution in [3.05, 3.63) is 59.7 Å². The Balaban J connectivity index is 1.77. The number of rotatable bonds is 5. The third-order valence-electron chi connectivity index (χ3n) is 4.07. The number of benzene rings is 2. The number of carbonyl (C=O) groups is 2. The molecule has 2 amide bonds. The number of alkyl halides is 3. The molecule has 1 heterocycles. The molecule has 3 rings (SSSR count). The molecule has 150 valence electrons. The lowest BCUT2D eigenvalue weighted by molar-refractivity contribution is -0.137. The summed E-state index contributed by atoms with van der Waals surface area (Å²) in [6.45, 7) is 1.42. The molecule has 0 aliphatic carbocycles. The van der Waals surface area contributed by atoms with Gasteiger partial charge in [0.15, 0.2) is 0 Å². The van der Waals surface area contributed by atoms with E-state index in [1.54, 1.807) is 12.1 Å². The van der Waals surface area contributed by atoms with Gasteiger partial charge in [-0.25, -0.2) is 0 Å². The minimum Gasteiger partial charge on any atom is -0.366 e. The van der Waals surface area contributed by atoms with Gasteiger partial charge in [-0.2, -0.15) is 18.0 Å². The Hall–Kier alpha value is -3.76. The van der Waals surface area contributed by atoms with Gasteiger partial charge in [-0.1, -0.05) is 24.3 Å². The maximum atomic E-state index is 13.1. The van der Waals surface area contributed by atoms with Crippen LogP contribution in [0.1, 0.15) is 28.9 Å². The van der Waals surface area contributed by atoms with Crippen molar-refractivity contribution in [1.29, 1.82) is 0 Å². The minimum absolute atomic E-state index is 0.177. The number of primary amides is 1. The van der Waals surface area contributed by atoms with E-state index in [0.29, 0.717) is 11.1 Å². The number of amides is 2. The predicted molar refractivity (Wildman–Crippen MR) is 96.6 cm³/mol. The Labute approximate surface area is 162 Å². The summed E-state index contributed by atoms with van der Waals surface area (Å²) in [6, 6.07) is 9.73. The van der Waals surface area contributed by atoms with Gasteiger partial charge >= 0.3 is 6.18 Å². The van der Waals surface area contributed by atoms with Crippen LogP contribution in [0.2, 0.25) is 0 Å². The number of nitrogens with one attached hydrogen (secondary N) is 1. The lowest BCUT2D eigenvalue weighted by Gasteiger charge is -2.15. The number of hydrogen-bond acceptors (Lipinski definition) is 5. The molecule has 11 heteroatoms. The zero-order chi connectivity index (χ0) is 21.2. The van der Waals surface area contributed by atoms with Crippen LogP contribution in [-0.2, 0) is 11.0 Å². The molecular formula is C18H15F3N6O2. The molecule has 0 aliphatic rings. The van der Waals surface area contributed by atoms with Crippen LogP contribution in [0.3, 0.4) is 0 Å². The SMILES string of the molecule is C[C@H](C(=O)Nc1ccccc1C(F)(F)F)n1nnc(-c2ccc(C(N)=O)cc2)n1. The molecule has 0 saturated carbocycles. The van der Waals surface area contributed by atoms with Crippen LogP contribution in [0.5, 0.6) is 0 Å². The number of nitrogens with two attached hydrogens (primary N) is 1. The highest BCUT2D eigenvalue weighted by atomic mass is 19.4. The van der Waals surface area contributed by atoms with Gasteiger partial charge in [-0.05, 0) is 36.4 Å². The van der Waals surface area contributed by atoms with Crippen molar-refractivity contribution in [1.82, 2.24) is 20.2 Å². The van der Waals surface area contributed by atoms with Crippen LogP contribution in [0.4, 0.5) is 18.9 Å². The Kier molecular flexibility index (Phi) is 5.31. The zero-order valence-corrected chi connectivity index (χ0v) is 15.0. The van der Waals surface area contributed by atoms with Crippen molar-refractivity contribution in [2.24, 2.45) is 5.73 Å². The summed E-state index contributed by atoms with van der Waals surface area (Å²) in [4.78, 5) is 24.5. The highest BCUT2D eigenvalue weighted by molar-refractivity contribution is 5.94. The van der Waals surface area contributed by atoms with Gasteiger partial charge in [0.25, 0.3) is 5.91 Å². The summed E-state index contributed by atoms with van der Waals surface area (Å²) < 4.78 is 39.2. The smallest absolute Gasteiger partial charge is 0.366 e. The van der Waals surface area contributed by atoms with E-state index in [-0.39, 0.29) is 11.5 Å². The Morgan fingerprint density at radius 3 is 2.38 bits per heavy atom. The fourth-order valence-electron chi connectivity index (χ4n) is 2.47. The summed E-state index contributed by atoms with van der Waals surface area (Å²) in [6.07, 6.45) is -4.61. The van der Waals surface area contributed by atoms with Crippen molar-refractivity contribution in [2.45, 2.75) is 19.1 Å². The maximum Gasteiger partial charge on any atom is 0.418 e. The lowest BCUT2D eigenvalue weighted by atomic mass is 10.1. The molecule has 0 bridgehead atoms. The van der Waals surface area contributed by atoms with E-state index >= 15 is 0 Å². The zero-order valence-electron chi connectivity index (χ0n) is 15.0. The number of nitrogens with zero attached hydrogens (tertiary/aromatic N) is 4. The standard InChI is InChI=1S/C18H15F3N6O2/c1-10(17(29)23-14-5-3-2-4-13(14)18(19,20)21)27-25-16(24-26-27)12-8-6-11(7-9-12)15(22)28/h2-10H,1H3,(H2,22,28)(H,23,29)/t10-/m1/s1. The van der Waals surface area contributed by atoms with Gasteiger partial charge in [0.1, 0.15) is 6.04 Å². The number of halogens is 3. The Morgan fingerprint density at radius 1 is 1.10 bits per heavy atom. The average Bonchev–Trinajstić information content (AvgIpc) is 3.17. The van der Waals surface area contributed by atoms with Crippen molar-refractivity contribution in [3.63, 3.8) is 0 Å². The number of anilines is 1. The maximum absolute atomic E-state index is 13.1. The van der Waals surface area contributed by atoms with Crippen molar-refractivity contribution in [2.75, 3.05) is 5.32 Å². The summed E-state index contributed by atoms with van der Waals surface area (Å²) in [5, 5.41) is 13.9. The van der Waals surface area contributed by atoms with Crippen LogP contribution in [0.25, 0.3) is 11.4 Å². The van der Waals surface area contributed by atoms with Crippen LogP contribution < -0.4 is 11.1 Å². The molecule has 0 fully saturated rings. The number of hydrogen-bond donors (Lipinski definition) is 2. The molecule has 0 radical (unpaired) electrons. The first-order valence-electron chi connectivity index (χ1n) is 8.33. The van der Waals surface area contributed by atoms with Crippen LogP contribution in [0, 0.1) is 0 Å². The highest BCUT2D eigenvalue weighted by Crippen LogP contribution is 2.34. The number of para-hydroxylation sites is 1. The largest absolute Gasteiger partial charge is 0.418 e. The van der Waals surface area contributed by atoms with E-state index in [4.69, 9.17) is 5.73 Å². The van der Waals surface area contributed by atoms with Gasteiger partial charge in [0.05, 0.1) is 11.3 Å². The summed E-state index contributed by atoms with van der Waals surface area (Å²) >= 11 is 0. The van der Waals surface area contributed by atoms with E-state index in [1.807, 2.05) is 0 Å². The lowest BCUT2D eigenvalue weighted by Crippen LogP contribution is -2.26. The Bertz CT molecular complexity index is 1050. The van der Waals surface area contributed by atoms with E-state index in [2.05, 4.69) is 20.7 Å². The fourth-order valence-corrected chi connectivity index (χ4v) is 2.47. The molecule has 0 spiro atoms. The van der Waals surface area contributed by atoms with Gasteiger partial charge in [0, 0.05) is 11.1 Å². The molecule has 0 saturated heterocycles. The third kappa shape index (κ3) is 4.39. The van der Waals surface area contributed by atoms with Crippen molar-refractivity contribution in [3.8, 4) is 11.4 Å². The first kappa shape index (κ1) is 20.0. The summed E-state index contributed by atoms with van der Waals surface area (Å²) in [5.41, 5.74) is 4.69. The van der Waals surface area contributed by atoms with Gasteiger partial charge in [-0.15, -0.1) is 10.2 Å². The van der Waals surface area contributed by atoms with Gasteiger partial charge < -0.3 is 11.1 Å². The van der Waals surface area contributed by atoms with Crippen LogP contribution in [0.15, 0.2) is 48.5 Å². The van der Waals surface area contributed by atoms with E-state index in [9.17, 15) is 22.8 Å².